The number of amides is 1. The van der Waals surface area contributed by atoms with Crippen LogP contribution in [0, 0.1) is 12.8 Å². The van der Waals surface area contributed by atoms with E-state index in [9.17, 15) is 21.6 Å². The lowest BCUT2D eigenvalue weighted by Gasteiger charge is -2.30. The molecule has 0 bridgehead atoms. The maximum Gasteiger partial charge on any atom is 0.262 e. The lowest BCUT2D eigenvalue weighted by atomic mass is 9.96. The van der Waals surface area contributed by atoms with Gasteiger partial charge in [0.25, 0.3) is 10.0 Å². The van der Waals surface area contributed by atoms with Crippen LogP contribution in [0.5, 0.6) is 0 Å². The van der Waals surface area contributed by atoms with Crippen molar-refractivity contribution in [1.82, 2.24) is 23.5 Å². The molecule has 1 N–H and O–H groups in total. The van der Waals surface area contributed by atoms with Crippen molar-refractivity contribution in [2.24, 2.45) is 13.0 Å². The number of rotatable bonds is 7. The van der Waals surface area contributed by atoms with Gasteiger partial charge in [0, 0.05) is 46.3 Å². The number of hydrogen-bond acceptors (Lipinski definition) is 6. The van der Waals surface area contributed by atoms with E-state index >= 15 is 0 Å². The summed E-state index contributed by atoms with van der Waals surface area (Å²) in [6, 6.07) is 6.11. The molecule has 1 atom stereocenters. The van der Waals surface area contributed by atoms with Gasteiger partial charge >= 0.3 is 0 Å². The van der Waals surface area contributed by atoms with Crippen molar-refractivity contribution in [1.29, 1.82) is 0 Å². The Labute approximate surface area is 195 Å². The van der Waals surface area contributed by atoms with Crippen LogP contribution in [-0.2, 0) is 31.9 Å². The van der Waals surface area contributed by atoms with Gasteiger partial charge in [-0.1, -0.05) is 12.1 Å². The molecule has 33 heavy (non-hydrogen) atoms. The van der Waals surface area contributed by atoms with Gasteiger partial charge in [0.15, 0.2) is 5.03 Å². The third-order valence-corrected chi connectivity index (χ3v) is 9.63. The maximum absolute atomic E-state index is 12.8. The summed E-state index contributed by atoms with van der Waals surface area (Å²) in [4.78, 5) is 17.1. The molecule has 182 valence electrons. The van der Waals surface area contributed by atoms with Crippen molar-refractivity contribution in [3.63, 3.8) is 0 Å². The number of sulfonamides is 2. The summed E-state index contributed by atoms with van der Waals surface area (Å²) in [5.74, 6) is 0.181. The highest BCUT2D eigenvalue weighted by Crippen LogP contribution is 2.25. The highest BCUT2D eigenvalue weighted by Gasteiger charge is 2.34. The average Bonchev–Trinajstić information content (AvgIpc) is 3.12. The number of carbonyl (C=O) groups is 1. The molecule has 1 aliphatic rings. The molecule has 3 rings (SSSR count). The van der Waals surface area contributed by atoms with Gasteiger partial charge in [0.05, 0.1) is 10.9 Å². The van der Waals surface area contributed by atoms with Gasteiger partial charge < -0.3 is 9.88 Å². The third kappa shape index (κ3) is 5.29. The van der Waals surface area contributed by atoms with Crippen LogP contribution in [0.3, 0.4) is 0 Å². The zero-order chi connectivity index (χ0) is 24.6. The van der Waals surface area contributed by atoms with Crippen LogP contribution in [0.1, 0.15) is 37.2 Å². The van der Waals surface area contributed by atoms with Crippen molar-refractivity contribution >= 4 is 26.0 Å². The monoisotopic (exact) mass is 497 g/mol. The molecule has 12 heteroatoms. The second-order valence-corrected chi connectivity index (χ2v) is 12.5. The smallest absolute Gasteiger partial charge is 0.262 e. The fourth-order valence-corrected chi connectivity index (χ4v) is 6.09. The Morgan fingerprint density at radius 2 is 1.70 bits per heavy atom. The van der Waals surface area contributed by atoms with Gasteiger partial charge in [-0.15, -0.1) is 0 Å². The normalized spacial score (nSPS) is 17.3. The molecule has 1 aromatic heterocycles. The largest absolute Gasteiger partial charge is 0.349 e. The molecule has 1 saturated heterocycles. The molecular formula is C21H31N5O5S2. The van der Waals surface area contributed by atoms with Gasteiger partial charge in [-0.05, 0) is 44.4 Å². The van der Waals surface area contributed by atoms with Gasteiger partial charge in [0.1, 0.15) is 5.82 Å². The summed E-state index contributed by atoms with van der Waals surface area (Å²) < 4.78 is 54.3. The Hall–Kier alpha value is -2.28. The molecule has 0 saturated carbocycles. The number of piperidine rings is 1. The quantitative estimate of drug-likeness (QED) is 0.615. The van der Waals surface area contributed by atoms with Crippen LogP contribution < -0.4 is 5.32 Å². The second-order valence-electron chi connectivity index (χ2n) is 8.50. The fraction of sp³-hybridized carbons (Fsp3) is 0.524. The van der Waals surface area contributed by atoms with E-state index in [1.54, 1.807) is 30.7 Å². The van der Waals surface area contributed by atoms with Gasteiger partial charge in [0.2, 0.25) is 15.9 Å². The number of aryl methyl sites for hydroxylation is 2. The van der Waals surface area contributed by atoms with Crippen LogP contribution in [0.25, 0.3) is 0 Å². The SMILES string of the molecule is Cc1nc(S(=O)(=O)N2CCC(C(=O)NC(C)c3ccc(S(=O)(=O)N(C)C)cc3)CC2)cn1C. The van der Waals surface area contributed by atoms with Crippen molar-refractivity contribution in [3.05, 3.63) is 41.9 Å². The summed E-state index contributed by atoms with van der Waals surface area (Å²) in [5, 5.41) is 2.99. The summed E-state index contributed by atoms with van der Waals surface area (Å²) in [5.41, 5.74) is 0.784. The van der Waals surface area contributed by atoms with Crippen LogP contribution >= 0.6 is 0 Å². The topological polar surface area (TPSA) is 122 Å². The first-order chi connectivity index (χ1) is 15.3. The Bertz CT molecular complexity index is 1190. The zero-order valence-corrected chi connectivity index (χ0v) is 21.1. The molecule has 2 heterocycles. The first-order valence-electron chi connectivity index (χ1n) is 10.7. The first-order valence-corrected chi connectivity index (χ1v) is 13.5. The van der Waals surface area contributed by atoms with Crippen molar-refractivity contribution in [3.8, 4) is 0 Å². The molecule has 1 aliphatic heterocycles. The third-order valence-electron chi connectivity index (χ3n) is 6.03. The Morgan fingerprint density at radius 1 is 1.12 bits per heavy atom. The van der Waals surface area contributed by atoms with E-state index in [4.69, 9.17) is 0 Å². The highest BCUT2D eigenvalue weighted by atomic mass is 32.2. The van der Waals surface area contributed by atoms with Crippen LogP contribution in [0.2, 0.25) is 0 Å². The molecule has 0 aliphatic carbocycles. The number of imidazole rings is 1. The predicted octanol–water partition coefficient (Wildman–Crippen LogP) is 1.26. The molecule has 0 radical (unpaired) electrons. The number of aromatic nitrogens is 2. The summed E-state index contributed by atoms with van der Waals surface area (Å²) in [7, 11) is -2.51. The van der Waals surface area contributed by atoms with E-state index in [1.807, 2.05) is 6.92 Å². The van der Waals surface area contributed by atoms with Crippen LogP contribution in [0.4, 0.5) is 0 Å². The van der Waals surface area contributed by atoms with E-state index < -0.39 is 20.0 Å². The average molecular weight is 498 g/mol. The molecule has 1 fully saturated rings. The molecule has 1 aromatic carbocycles. The minimum Gasteiger partial charge on any atom is -0.349 e. The number of hydrogen-bond donors (Lipinski definition) is 1. The molecule has 1 amide bonds. The lowest BCUT2D eigenvalue weighted by molar-refractivity contribution is -0.126. The summed E-state index contributed by atoms with van der Waals surface area (Å²) in [6.45, 7) is 4.07. The van der Waals surface area contributed by atoms with Gasteiger partial charge in [-0.2, -0.15) is 4.31 Å². The Kier molecular flexibility index (Phi) is 7.32. The van der Waals surface area contributed by atoms with Crippen LogP contribution in [0.15, 0.2) is 40.4 Å². The number of carbonyl (C=O) groups excluding carboxylic acids is 1. The molecule has 1 unspecified atom stereocenters. The zero-order valence-electron chi connectivity index (χ0n) is 19.5. The van der Waals surface area contributed by atoms with E-state index in [0.29, 0.717) is 18.7 Å². The molecular weight excluding hydrogens is 466 g/mol. The minimum absolute atomic E-state index is 0.0266. The van der Waals surface area contributed by atoms with E-state index in [-0.39, 0.29) is 40.9 Å². The van der Waals surface area contributed by atoms with Crippen LogP contribution in [-0.4, -0.2) is 68.1 Å². The van der Waals surface area contributed by atoms with Gasteiger partial charge in [-0.25, -0.2) is 26.1 Å². The predicted molar refractivity (Wildman–Crippen MR) is 123 cm³/mol. The molecule has 0 spiro atoms. The Morgan fingerprint density at radius 3 is 2.18 bits per heavy atom. The second kappa shape index (κ2) is 9.53. The van der Waals surface area contributed by atoms with Crippen molar-refractivity contribution in [2.45, 2.75) is 42.7 Å². The maximum atomic E-state index is 12.8. The standard InChI is InChI=1S/C21H31N5O5S2/c1-15(17-6-8-19(9-7-17)32(28,29)24(3)4)22-21(27)18-10-12-26(13-11-18)33(30,31)20-14-25(5)16(2)23-20/h6-9,14-15,18H,10-13H2,1-5H3,(H,22,27). The van der Waals surface area contributed by atoms with Gasteiger partial charge in [-0.3, -0.25) is 4.79 Å². The van der Waals surface area contributed by atoms with Crippen molar-refractivity contribution < 1.29 is 21.6 Å². The minimum atomic E-state index is -3.68. The summed E-state index contributed by atoms with van der Waals surface area (Å²) >= 11 is 0. The number of nitrogens with zero attached hydrogens (tertiary/aromatic N) is 4. The van der Waals surface area contributed by atoms with E-state index in [2.05, 4.69) is 10.3 Å². The Balaban J connectivity index is 1.59. The van der Waals surface area contributed by atoms with Crippen molar-refractivity contribution in [2.75, 3.05) is 27.2 Å². The number of benzene rings is 1. The molecule has 10 nitrogen and oxygen atoms in total. The first kappa shape index (κ1) is 25.3. The fourth-order valence-electron chi connectivity index (χ4n) is 3.70. The number of nitrogens with one attached hydrogen (secondary N) is 1. The summed E-state index contributed by atoms with van der Waals surface area (Å²) in [6.07, 6.45) is 2.34. The van der Waals surface area contributed by atoms with E-state index in [1.165, 1.54) is 36.7 Å². The molecule has 2 aromatic rings. The van der Waals surface area contributed by atoms with E-state index in [0.717, 1.165) is 9.87 Å². The lowest BCUT2D eigenvalue weighted by Crippen LogP contribution is -2.43. The highest BCUT2D eigenvalue weighted by molar-refractivity contribution is 7.89.